The number of hydrogen-bond acceptors (Lipinski definition) is 2. The summed E-state index contributed by atoms with van der Waals surface area (Å²) < 4.78 is 9.14. The Morgan fingerprint density at radius 2 is 1.06 bits per heavy atom. The average Bonchev–Trinajstić information content (AvgIpc) is 3.78. The van der Waals surface area contributed by atoms with Gasteiger partial charge in [0.15, 0.2) is 0 Å². The summed E-state index contributed by atoms with van der Waals surface area (Å²) >= 11 is 0. The number of nitrogens with zero attached hydrogens (tertiary/aromatic N) is 2. The predicted octanol–water partition coefficient (Wildman–Crippen LogP) is 14.1. The van der Waals surface area contributed by atoms with E-state index in [-0.39, 0.29) is 0 Å². The maximum Gasteiger partial charge on any atom is 0.145 e. The maximum atomic E-state index is 6.77. The van der Waals surface area contributed by atoms with E-state index in [0.717, 1.165) is 55.8 Å². The number of benzene rings is 9. The lowest BCUT2D eigenvalue weighted by atomic mass is 9.98. The van der Waals surface area contributed by atoms with Crippen molar-refractivity contribution in [3.63, 3.8) is 0 Å². The van der Waals surface area contributed by atoms with Crippen LogP contribution in [0.1, 0.15) is 0 Å². The Bertz CT molecular complexity index is 3170. The number of anilines is 3. The van der Waals surface area contributed by atoms with E-state index < -0.39 is 0 Å². The Morgan fingerprint density at radius 1 is 0.415 bits per heavy atom. The third kappa shape index (κ3) is 4.61. The summed E-state index contributed by atoms with van der Waals surface area (Å²) in [5, 5.41) is 9.54. The number of aromatic nitrogens is 1. The van der Waals surface area contributed by atoms with Crippen molar-refractivity contribution < 1.29 is 4.42 Å². The molecule has 11 aromatic rings. The topological polar surface area (TPSA) is 21.3 Å². The Morgan fingerprint density at radius 3 is 1.92 bits per heavy atom. The van der Waals surface area contributed by atoms with Crippen molar-refractivity contribution in [1.82, 2.24) is 4.57 Å². The van der Waals surface area contributed by atoms with Crippen molar-refractivity contribution in [2.24, 2.45) is 0 Å². The van der Waals surface area contributed by atoms with E-state index in [1.54, 1.807) is 0 Å². The maximum absolute atomic E-state index is 6.77. The molecule has 0 saturated carbocycles. The summed E-state index contributed by atoms with van der Waals surface area (Å²) in [7, 11) is 0. The molecule has 53 heavy (non-hydrogen) atoms. The number of hydrogen-bond donors (Lipinski definition) is 0. The molecule has 0 aliphatic heterocycles. The van der Waals surface area contributed by atoms with E-state index in [4.69, 9.17) is 4.42 Å². The second kappa shape index (κ2) is 11.7. The van der Waals surface area contributed by atoms with Gasteiger partial charge in [0.25, 0.3) is 0 Å². The third-order valence-electron chi connectivity index (χ3n) is 10.7. The summed E-state index contributed by atoms with van der Waals surface area (Å²) in [5.41, 5.74) is 10.7. The molecule has 0 unspecified atom stereocenters. The fraction of sp³-hybridized carbons (Fsp3) is 0. The molecule has 2 heterocycles. The van der Waals surface area contributed by atoms with Crippen molar-refractivity contribution in [2.75, 3.05) is 4.90 Å². The lowest BCUT2D eigenvalue weighted by Crippen LogP contribution is -2.10. The highest BCUT2D eigenvalue weighted by Crippen LogP contribution is 2.47. The van der Waals surface area contributed by atoms with Crippen LogP contribution in [0.5, 0.6) is 0 Å². The Labute approximate surface area is 306 Å². The molecular formula is C50H32N2O. The quantitative estimate of drug-likeness (QED) is 0.169. The van der Waals surface area contributed by atoms with E-state index in [0.29, 0.717) is 0 Å². The Kier molecular flexibility index (Phi) is 6.55. The number of furan rings is 1. The fourth-order valence-electron chi connectivity index (χ4n) is 8.36. The zero-order valence-electron chi connectivity index (χ0n) is 28.8. The SMILES string of the molecule is c1ccc(-c2ccc(N(c3ccc4c(ccc5ccccc54)c3)c3ccc4c(c3)c3ccccc3n4-c3ccccc3)c3c2oc2ccccc23)cc1. The Hall–Kier alpha value is -7.10. The van der Waals surface area contributed by atoms with Gasteiger partial charge >= 0.3 is 0 Å². The molecule has 0 spiro atoms. The molecular weight excluding hydrogens is 645 g/mol. The molecule has 9 aromatic carbocycles. The molecule has 0 saturated heterocycles. The van der Waals surface area contributed by atoms with Crippen molar-refractivity contribution in [3.05, 3.63) is 194 Å². The predicted molar refractivity (Wildman–Crippen MR) is 223 cm³/mol. The van der Waals surface area contributed by atoms with Crippen molar-refractivity contribution in [1.29, 1.82) is 0 Å². The van der Waals surface area contributed by atoms with Crippen LogP contribution in [0.2, 0.25) is 0 Å². The minimum atomic E-state index is 0.874. The first kappa shape index (κ1) is 29.6. The summed E-state index contributed by atoms with van der Waals surface area (Å²) in [4.78, 5) is 2.42. The minimum absolute atomic E-state index is 0.874. The highest BCUT2D eigenvalue weighted by molar-refractivity contribution is 6.18. The molecule has 3 heteroatoms. The standard InChI is InChI=1S/C50H32N2O/c1-3-13-33(14-4-1)41-28-30-47(49-43-20-10-12-22-48(43)53-50(41)49)51(37-25-27-40-35(31-37)24-23-34-15-7-8-18-39(34)40)38-26-29-46-44(32-38)42-19-9-11-21-45(42)52(46)36-16-5-2-6-17-36/h1-32H. The fourth-order valence-corrected chi connectivity index (χ4v) is 8.36. The van der Waals surface area contributed by atoms with Crippen LogP contribution in [-0.2, 0) is 0 Å². The van der Waals surface area contributed by atoms with Gasteiger partial charge in [-0.05, 0) is 93.8 Å². The summed E-state index contributed by atoms with van der Waals surface area (Å²) in [6.45, 7) is 0. The van der Waals surface area contributed by atoms with Gasteiger partial charge in [-0.25, -0.2) is 0 Å². The van der Waals surface area contributed by atoms with Gasteiger partial charge in [0.1, 0.15) is 11.2 Å². The van der Waals surface area contributed by atoms with E-state index >= 15 is 0 Å². The number of para-hydroxylation sites is 3. The van der Waals surface area contributed by atoms with Gasteiger partial charge in [0.05, 0.1) is 22.1 Å². The van der Waals surface area contributed by atoms with Crippen molar-refractivity contribution in [3.8, 4) is 16.8 Å². The molecule has 0 aliphatic carbocycles. The van der Waals surface area contributed by atoms with E-state index in [1.807, 2.05) is 0 Å². The molecule has 2 aromatic heterocycles. The first-order chi connectivity index (χ1) is 26.3. The zero-order valence-corrected chi connectivity index (χ0v) is 28.8. The molecule has 248 valence electrons. The highest BCUT2D eigenvalue weighted by Gasteiger charge is 2.23. The Balaban J connectivity index is 1.22. The highest BCUT2D eigenvalue weighted by atomic mass is 16.3. The van der Waals surface area contributed by atoms with Crippen LogP contribution in [0.15, 0.2) is 199 Å². The van der Waals surface area contributed by atoms with Crippen LogP contribution < -0.4 is 4.90 Å². The van der Waals surface area contributed by atoms with Crippen LogP contribution in [0, 0.1) is 0 Å². The molecule has 0 bridgehead atoms. The number of rotatable bonds is 5. The summed E-state index contributed by atoms with van der Waals surface area (Å²) in [5.74, 6) is 0. The van der Waals surface area contributed by atoms with Gasteiger partial charge in [0.2, 0.25) is 0 Å². The molecule has 0 atom stereocenters. The molecule has 11 rings (SSSR count). The van der Waals surface area contributed by atoms with Crippen LogP contribution in [-0.4, -0.2) is 4.57 Å². The van der Waals surface area contributed by atoms with E-state index in [9.17, 15) is 0 Å². The van der Waals surface area contributed by atoms with Crippen molar-refractivity contribution in [2.45, 2.75) is 0 Å². The van der Waals surface area contributed by atoms with E-state index in [1.165, 1.54) is 43.4 Å². The second-order valence-electron chi connectivity index (χ2n) is 13.7. The second-order valence-corrected chi connectivity index (χ2v) is 13.7. The first-order valence-electron chi connectivity index (χ1n) is 18.1. The smallest absolute Gasteiger partial charge is 0.145 e. The monoisotopic (exact) mass is 676 g/mol. The van der Waals surface area contributed by atoms with Crippen molar-refractivity contribution >= 4 is 82.4 Å². The van der Waals surface area contributed by atoms with Crippen LogP contribution >= 0.6 is 0 Å². The van der Waals surface area contributed by atoms with Crippen LogP contribution in [0.3, 0.4) is 0 Å². The largest absolute Gasteiger partial charge is 0.455 e. The molecule has 0 aliphatic rings. The lowest BCUT2D eigenvalue weighted by molar-refractivity contribution is 0.670. The molecule has 0 radical (unpaired) electrons. The summed E-state index contributed by atoms with van der Waals surface area (Å²) in [6, 6.07) is 69.7. The number of fused-ring (bicyclic) bond motifs is 9. The first-order valence-corrected chi connectivity index (χ1v) is 18.1. The normalized spacial score (nSPS) is 11.8. The molecule has 0 N–H and O–H groups in total. The summed E-state index contributed by atoms with van der Waals surface area (Å²) in [6.07, 6.45) is 0. The van der Waals surface area contributed by atoms with Gasteiger partial charge in [-0.15, -0.1) is 0 Å². The third-order valence-corrected chi connectivity index (χ3v) is 10.7. The van der Waals surface area contributed by atoms with Gasteiger partial charge in [-0.2, -0.15) is 0 Å². The van der Waals surface area contributed by atoms with Gasteiger partial charge in [-0.3, -0.25) is 0 Å². The van der Waals surface area contributed by atoms with E-state index in [2.05, 4.69) is 204 Å². The van der Waals surface area contributed by atoms with Crippen LogP contribution in [0.25, 0.3) is 82.1 Å². The molecule has 0 amide bonds. The van der Waals surface area contributed by atoms with Gasteiger partial charge in [-0.1, -0.05) is 127 Å². The minimum Gasteiger partial charge on any atom is -0.455 e. The lowest BCUT2D eigenvalue weighted by Gasteiger charge is -2.27. The van der Waals surface area contributed by atoms with Gasteiger partial charge < -0.3 is 13.9 Å². The van der Waals surface area contributed by atoms with Crippen LogP contribution in [0.4, 0.5) is 17.1 Å². The average molecular weight is 677 g/mol. The van der Waals surface area contributed by atoms with Gasteiger partial charge in [0, 0.05) is 38.8 Å². The molecule has 3 nitrogen and oxygen atoms in total. The zero-order chi connectivity index (χ0) is 34.9. The molecule has 0 fully saturated rings.